The van der Waals surface area contributed by atoms with Gasteiger partial charge in [-0.2, -0.15) is 5.10 Å². The summed E-state index contributed by atoms with van der Waals surface area (Å²) in [7, 11) is 3.05. The quantitative estimate of drug-likeness (QED) is 0.545. The Morgan fingerprint density at radius 3 is 2.42 bits per heavy atom. The Balaban J connectivity index is 1.88. The first-order chi connectivity index (χ1) is 17.2. The van der Waals surface area contributed by atoms with Crippen LogP contribution in [0.15, 0.2) is 51.1 Å². The Bertz CT molecular complexity index is 1470. The number of aromatic nitrogens is 2. The predicted octanol–water partition coefficient (Wildman–Crippen LogP) is 2.95. The van der Waals surface area contributed by atoms with Crippen LogP contribution in [0.3, 0.4) is 0 Å². The maximum Gasteiger partial charge on any atom is 0.335 e. The van der Waals surface area contributed by atoms with Crippen LogP contribution in [0.5, 0.6) is 17.4 Å². The van der Waals surface area contributed by atoms with Crippen LogP contribution in [-0.2, 0) is 4.79 Å². The Hall–Kier alpha value is -4.34. The van der Waals surface area contributed by atoms with Gasteiger partial charge in [-0.3, -0.25) is 14.6 Å². The molecule has 3 aromatic rings. The molecule has 1 amide bonds. The second kappa shape index (κ2) is 9.73. The van der Waals surface area contributed by atoms with E-state index in [-0.39, 0.29) is 30.0 Å². The lowest BCUT2D eigenvalue weighted by Gasteiger charge is -2.23. The van der Waals surface area contributed by atoms with Gasteiger partial charge >= 0.3 is 5.69 Å². The van der Waals surface area contributed by atoms with Crippen LogP contribution < -0.4 is 20.7 Å². The van der Waals surface area contributed by atoms with Gasteiger partial charge in [-0.25, -0.2) is 14.4 Å². The number of rotatable bonds is 6. The molecule has 0 saturated carbocycles. The van der Waals surface area contributed by atoms with E-state index >= 15 is 0 Å². The maximum atomic E-state index is 12.9. The summed E-state index contributed by atoms with van der Waals surface area (Å²) in [4.78, 5) is 40.8. The van der Waals surface area contributed by atoms with E-state index in [1.54, 1.807) is 37.3 Å². The Labute approximate surface area is 207 Å². The summed E-state index contributed by atoms with van der Waals surface area (Å²) in [6.45, 7) is 5.44. The maximum absolute atomic E-state index is 12.9. The molecule has 188 valence electrons. The number of H-pyrrole nitrogens is 1. The number of hydrogen-bond acceptors (Lipinski definition) is 7. The Kier molecular flexibility index (Phi) is 6.69. The van der Waals surface area contributed by atoms with Crippen LogP contribution >= 0.6 is 0 Å². The zero-order chi connectivity index (χ0) is 26.1. The molecule has 2 N–H and O–H groups in total. The number of hydrazone groups is 1. The average molecular weight is 493 g/mol. The van der Waals surface area contributed by atoms with Crippen LogP contribution in [0.1, 0.15) is 48.1 Å². The summed E-state index contributed by atoms with van der Waals surface area (Å²) in [6, 6.07) is 9.98. The summed E-state index contributed by atoms with van der Waals surface area (Å²) in [5.41, 5.74) is 1.22. The number of nitrogens with one attached hydrogen (secondary N) is 1. The van der Waals surface area contributed by atoms with Gasteiger partial charge in [0.05, 0.1) is 31.7 Å². The summed E-state index contributed by atoms with van der Waals surface area (Å²) >= 11 is 0. The molecule has 0 bridgehead atoms. The van der Waals surface area contributed by atoms with Gasteiger partial charge < -0.3 is 14.6 Å². The van der Waals surface area contributed by atoms with Crippen LogP contribution in [0.25, 0.3) is 5.69 Å². The van der Waals surface area contributed by atoms with E-state index in [1.165, 1.54) is 19.2 Å². The second-order valence-electron chi connectivity index (χ2n) is 8.61. The fourth-order valence-corrected chi connectivity index (χ4v) is 4.50. The summed E-state index contributed by atoms with van der Waals surface area (Å²) in [5, 5.41) is 16.9. The van der Waals surface area contributed by atoms with Gasteiger partial charge in [-0.1, -0.05) is 13.0 Å². The molecule has 10 nitrogen and oxygen atoms in total. The number of aromatic hydroxyl groups is 1. The van der Waals surface area contributed by atoms with Crippen molar-refractivity contribution < 1.29 is 19.4 Å². The van der Waals surface area contributed by atoms with Crippen molar-refractivity contribution in [3.8, 4) is 23.1 Å². The standard InChI is InChI=1S/C26H28N4O6/c1-6-22(31)30-20(18-12-17(35-4)7-8-21(18)36-5)13-19(28-30)23-24(32)27-26(34)29(25(23)33)16-10-14(2)9-15(3)11-16/h7-12,20,33H,6,13H2,1-5H3,(H,27,32,34). The minimum absolute atomic E-state index is 0.108. The molecule has 0 radical (unpaired) electrons. The summed E-state index contributed by atoms with van der Waals surface area (Å²) < 4.78 is 11.9. The second-order valence-corrected chi connectivity index (χ2v) is 8.61. The van der Waals surface area contributed by atoms with Crippen molar-refractivity contribution in [1.82, 2.24) is 14.6 Å². The lowest BCUT2D eigenvalue weighted by Crippen LogP contribution is -2.33. The van der Waals surface area contributed by atoms with Crippen molar-refractivity contribution in [3.63, 3.8) is 0 Å². The molecule has 10 heteroatoms. The number of benzene rings is 2. The number of ether oxygens (including phenoxy) is 2. The third-order valence-electron chi connectivity index (χ3n) is 6.10. The fourth-order valence-electron chi connectivity index (χ4n) is 4.50. The van der Waals surface area contributed by atoms with E-state index in [0.29, 0.717) is 22.7 Å². The van der Waals surface area contributed by atoms with E-state index in [0.717, 1.165) is 15.7 Å². The van der Waals surface area contributed by atoms with Gasteiger partial charge in [-0.05, 0) is 55.3 Å². The zero-order valence-corrected chi connectivity index (χ0v) is 20.8. The smallest absolute Gasteiger partial charge is 0.335 e. The molecule has 1 aliphatic heterocycles. The van der Waals surface area contributed by atoms with Crippen molar-refractivity contribution >= 4 is 11.6 Å². The van der Waals surface area contributed by atoms with Gasteiger partial charge in [0.1, 0.15) is 17.1 Å². The number of hydrogen-bond donors (Lipinski definition) is 2. The normalized spacial score (nSPS) is 15.1. The highest BCUT2D eigenvalue weighted by Crippen LogP contribution is 2.40. The number of carbonyl (C=O) groups is 1. The van der Waals surface area contributed by atoms with Gasteiger partial charge in [0, 0.05) is 18.4 Å². The molecular formula is C26H28N4O6. The van der Waals surface area contributed by atoms with Crippen LogP contribution in [0.2, 0.25) is 0 Å². The number of methoxy groups -OCH3 is 2. The van der Waals surface area contributed by atoms with Crippen molar-refractivity contribution in [2.75, 3.05) is 14.2 Å². The van der Waals surface area contributed by atoms with Gasteiger partial charge in [0.25, 0.3) is 5.56 Å². The molecule has 1 aromatic heterocycles. The van der Waals surface area contributed by atoms with Crippen LogP contribution in [-0.4, -0.2) is 45.5 Å². The molecule has 0 saturated heterocycles. The van der Waals surface area contributed by atoms with E-state index in [4.69, 9.17) is 9.47 Å². The highest BCUT2D eigenvalue weighted by Gasteiger charge is 2.37. The highest BCUT2D eigenvalue weighted by atomic mass is 16.5. The van der Waals surface area contributed by atoms with Crippen molar-refractivity contribution in [3.05, 3.63) is 79.5 Å². The average Bonchev–Trinajstić information content (AvgIpc) is 3.26. The van der Waals surface area contributed by atoms with Gasteiger partial charge in [0.15, 0.2) is 0 Å². The molecule has 1 aliphatic rings. The number of nitrogens with zero attached hydrogens (tertiary/aromatic N) is 3. The van der Waals surface area contributed by atoms with E-state index in [9.17, 15) is 19.5 Å². The first-order valence-electron chi connectivity index (χ1n) is 11.5. The van der Waals surface area contributed by atoms with Crippen LogP contribution in [0, 0.1) is 13.8 Å². The summed E-state index contributed by atoms with van der Waals surface area (Å²) in [6.07, 6.45) is 0.279. The molecule has 2 aromatic carbocycles. The highest BCUT2D eigenvalue weighted by molar-refractivity contribution is 6.04. The van der Waals surface area contributed by atoms with Crippen molar-refractivity contribution in [2.45, 2.75) is 39.7 Å². The first-order valence-corrected chi connectivity index (χ1v) is 11.5. The molecule has 36 heavy (non-hydrogen) atoms. The minimum Gasteiger partial charge on any atom is -0.497 e. The van der Waals surface area contributed by atoms with Crippen LogP contribution in [0.4, 0.5) is 0 Å². The topological polar surface area (TPSA) is 126 Å². The lowest BCUT2D eigenvalue weighted by atomic mass is 9.97. The Morgan fingerprint density at radius 1 is 1.11 bits per heavy atom. The zero-order valence-electron chi connectivity index (χ0n) is 20.8. The van der Waals surface area contributed by atoms with Crippen molar-refractivity contribution in [2.24, 2.45) is 5.10 Å². The SMILES string of the molecule is CCC(=O)N1N=C(c2c(O)n(-c3cc(C)cc(C)c3)c(=O)[nH]c2=O)CC1c1cc(OC)ccc1OC. The van der Waals surface area contributed by atoms with E-state index in [1.807, 2.05) is 19.9 Å². The fraction of sp³-hybridized carbons (Fsp3) is 0.308. The number of amides is 1. The largest absolute Gasteiger partial charge is 0.497 e. The van der Waals surface area contributed by atoms with Crippen molar-refractivity contribution in [1.29, 1.82) is 0 Å². The first kappa shape index (κ1) is 24.8. The molecular weight excluding hydrogens is 464 g/mol. The van der Waals surface area contributed by atoms with Gasteiger partial charge in [0.2, 0.25) is 11.8 Å². The molecule has 0 fully saturated rings. The molecule has 4 rings (SSSR count). The third-order valence-corrected chi connectivity index (χ3v) is 6.10. The predicted molar refractivity (Wildman–Crippen MR) is 134 cm³/mol. The minimum atomic E-state index is -0.793. The number of aryl methyl sites for hydroxylation is 2. The van der Waals surface area contributed by atoms with Gasteiger partial charge in [-0.15, -0.1) is 0 Å². The Morgan fingerprint density at radius 2 is 1.81 bits per heavy atom. The number of aromatic amines is 1. The van der Waals surface area contributed by atoms with E-state index < -0.39 is 23.2 Å². The molecule has 1 atom stereocenters. The molecule has 0 spiro atoms. The number of carbonyl (C=O) groups excluding carboxylic acids is 1. The molecule has 2 heterocycles. The molecule has 0 aliphatic carbocycles. The third kappa shape index (κ3) is 4.37. The van der Waals surface area contributed by atoms with E-state index in [2.05, 4.69) is 10.1 Å². The molecule has 1 unspecified atom stereocenters. The summed E-state index contributed by atoms with van der Waals surface area (Å²) in [5.74, 6) is 0.254. The monoisotopic (exact) mass is 492 g/mol. The lowest BCUT2D eigenvalue weighted by molar-refractivity contribution is -0.132.